The SMILES string of the molecule is COc1ccc(NC(=O)c2cc3ccccc3oc2=N)c(OC)c1. The van der Waals surface area contributed by atoms with Crippen LogP contribution in [0.2, 0.25) is 0 Å². The van der Waals surface area contributed by atoms with Crippen molar-refractivity contribution in [3.05, 3.63) is 59.6 Å². The van der Waals surface area contributed by atoms with Crippen molar-refractivity contribution < 1.29 is 18.7 Å². The molecule has 0 fully saturated rings. The Morgan fingerprint density at radius 2 is 1.88 bits per heavy atom. The number of benzene rings is 2. The maximum atomic E-state index is 12.5. The zero-order valence-corrected chi connectivity index (χ0v) is 13.3. The lowest BCUT2D eigenvalue weighted by molar-refractivity contribution is 0.102. The first-order chi connectivity index (χ1) is 11.6. The summed E-state index contributed by atoms with van der Waals surface area (Å²) in [4.78, 5) is 12.5. The third-order valence-electron chi connectivity index (χ3n) is 3.58. The average molecular weight is 324 g/mol. The third-order valence-corrected chi connectivity index (χ3v) is 3.58. The Morgan fingerprint density at radius 3 is 2.62 bits per heavy atom. The van der Waals surface area contributed by atoms with E-state index in [9.17, 15) is 4.79 Å². The summed E-state index contributed by atoms with van der Waals surface area (Å²) < 4.78 is 15.8. The van der Waals surface area contributed by atoms with Gasteiger partial charge in [-0.25, -0.2) is 0 Å². The van der Waals surface area contributed by atoms with Gasteiger partial charge >= 0.3 is 0 Å². The summed E-state index contributed by atoms with van der Waals surface area (Å²) in [7, 11) is 3.06. The molecule has 0 spiro atoms. The van der Waals surface area contributed by atoms with Gasteiger partial charge in [0.15, 0.2) is 0 Å². The molecule has 0 aliphatic heterocycles. The second kappa shape index (κ2) is 6.45. The molecular formula is C18H16N2O4. The van der Waals surface area contributed by atoms with Crippen molar-refractivity contribution in [1.29, 1.82) is 5.41 Å². The topological polar surface area (TPSA) is 84.5 Å². The van der Waals surface area contributed by atoms with Gasteiger partial charge in [-0.05, 0) is 24.3 Å². The molecule has 0 bridgehead atoms. The average Bonchev–Trinajstić information content (AvgIpc) is 2.61. The molecule has 0 unspecified atom stereocenters. The Hall–Kier alpha value is -3.28. The fourth-order valence-electron chi connectivity index (χ4n) is 2.34. The molecule has 0 atom stereocenters. The summed E-state index contributed by atoms with van der Waals surface area (Å²) >= 11 is 0. The number of amides is 1. The predicted octanol–water partition coefficient (Wildman–Crippen LogP) is 3.18. The van der Waals surface area contributed by atoms with Gasteiger partial charge in [-0.1, -0.05) is 18.2 Å². The van der Waals surface area contributed by atoms with E-state index in [1.165, 1.54) is 7.11 Å². The minimum atomic E-state index is -0.446. The summed E-state index contributed by atoms with van der Waals surface area (Å²) in [6.07, 6.45) is 0. The first-order valence-corrected chi connectivity index (χ1v) is 7.23. The molecule has 0 saturated heterocycles. The van der Waals surface area contributed by atoms with Crippen LogP contribution in [-0.4, -0.2) is 20.1 Å². The van der Waals surface area contributed by atoms with Gasteiger partial charge in [-0.15, -0.1) is 0 Å². The van der Waals surface area contributed by atoms with Gasteiger partial charge in [0.1, 0.15) is 22.6 Å². The van der Waals surface area contributed by atoms with Gasteiger partial charge in [0.25, 0.3) is 5.91 Å². The first-order valence-electron chi connectivity index (χ1n) is 7.23. The number of carbonyl (C=O) groups excluding carboxylic acids is 1. The lowest BCUT2D eigenvalue weighted by atomic mass is 10.1. The molecule has 6 nitrogen and oxygen atoms in total. The van der Waals surface area contributed by atoms with Crippen molar-refractivity contribution in [3.8, 4) is 11.5 Å². The third kappa shape index (κ3) is 2.94. The lowest BCUT2D eigenvalue weighted by Crippen LogP contribution is -2.21. The summed E-state index contributed by atoms with van der Waals surface area (Å²) in [5, 5.41) is 11.4. The van der Waals surface area contributed by atoms with Crippen LogP contribution in [-0.2, 0) is 0 Å². The van der Waals surface area contributed by atoms with Crippen LogP contribution >= 0.6 is 0 Å². The van der Waals surface area contributed by atoms with Crippen molar-refractivity contribution in [2.45, 2.75) is 0 Å². The van der Waals surface area contributed by atoms with Gasteiger partial charge < -0.3 is 19.2 Å². The number of ether oxygens (including phenoxy) is 2. The molecule has 0 aliphatic carbocycles. The van der Waals surface area contributed by atoms with Gasteiger partial charge in [0, 0.05) is 11.5 Å². The van der Waals surface area contributed by atoms with E-state index in [2.05, 4.69) is 5.32 Å². The normalized spacial score (nSPS) is 10.4. The minimum Gasteiger partial charge on any atom is -0.497 e. The van der Waals surface area contributed by atoms with Crippen LogP contribution in [0, 0.1) is 5.41 Å². The van der Waals surface area contributed by atoms with Gasteiger partial charge in [0.2, 0.25) is 5.55 Å². The highest BCUT2D eigenvalue weighted by Crippen LogP contribution is 2.29. The summed E-state index contributed by atoms with van der Waals surface area (Å²) in [6, 6.07) is 13.9. The second-order valence-corrected chi connectivity index (χ2v) is 5.05. The lowest BCUT2D eigenvalue weighted by Gasteiger charge is -2.11. The van der Waals surface area contributed by atoms with Gasteiger partial charge in [-0.3, -0.25) is 10.2 Å². The van der Waals surface area contributed by atoms with E-state index in [4.69, 9.17) is 19.3 Å². The molecule has 2 N–H and O–H groups in total. The summed E-state index contributed by atoms with van der Waals surface area (Å²) in [5.41, 5.74) is 0.988. The van der Waals surface area contributed by atoms with E-state index in [1.54, 1.807) is 37.4 Å². The maximum absolute atomic E-state index is 12.5. The molecule has 1 amide bonds. The Labute approximate surface area is 138 Å². The molecule has 0 saturated carbocycles. The molecule has 3 rings (SSSR count). The van der Waals surface area contributed by atoms with E-state index >= 15 is 0 Å². The van der Waals surface area contributed by atoms with E-state index < -0.39 is 5.91 Å². The van der Waals surface area contributed by atoms with Crippen LogP contribution in [0.1, 0.15) is 10.4 Å². The fourth-order valence-corrected chi connectivity index (χ4v) is 2.34. The minimum absolute atomic E-state index is 0.145. The number of carbonyl (C=O) groups is 1. The molecule has 0 aliphatic rings. The molecule has 1 heterocycles. The Kier molecular flexibility index (Phi) is 4.20. The molecule has 1 aromatic heterocycles. The fraction of sp³-hybridized carbons (Fsp3) is 0.111. The molecule has 122 valence electrons. The highest BCUT2D eigenvalue weighted by molar-refractivity contribution is 6.06. The van der Waals surface area contributed by atoms with E-state index in [1.807, 2.05) is 18.2 Å². The Bertz CT molecular complexity index is 963. The standard InChI is InChI=1S/C18H16N2O4/c1-22-12-7-8-14(16(10-12)23-2)20-18(21)13-9-11-5-3-4-6-15(11)24-17(13)19/h3-10,19H,1-2H3,(H,20,21). The highest BCUT2D eigenvalue weighted by Gasteiger charge is 2.14. The van der Waals surface area contributed by atoms with Crippen LogP contribution in [0.25, 0.3) is 11.0 Å². The largest absolute Gasteiger partial charge is 0.497 e. The number of hydrogen-bond donors (Lipinski definition) is 2. The molecular weight excluding hydrogens is 308 g/mol. The van der Waals surface area contributed by atoms with Crippen molar-refractivity contribution in [1.82, 2.24) is 0 Å². The molecule has 3 aromatic rings. The smallest absolute Gasteiger partial charge is 0.261 e. The first kappa shape index (κ1) is 15.6. The van der Waals surface area contributed by atoms with Crippen LogP contribution in [0.5, 0.6) is 11.5 Å². The van der Waals surface area contributed by atoms with Crippen LogP contribution in [0.15, 0.2) is 52.9 Å². The van der Waals surface area contributed by atoms with Gasteiger partial charge in [0.05, 0.1) is 19.9 Å². The van der Waals surface area contributed by atoms with Crippen molar-refractivity contribution >= 4 is 22.6 Å². The number of nitrogens with one attached hydrogen (secondary N) is 2. The number of para-hydroxylation sites is 1. The summed E-state index contributed by atoms with van der Waals surface area (Å²) in [6.45, 7) is 0. The molecule has 0 radical (unpaired) electrons. The number of rotatable bonds is 4. The number of hydrogen-bond acceptors (Lipinski definition) is 5. The zero-order valence-electron chi connectivity index (χ0n) is 13.3. The quantitative estimate of drug-likeness (QED) is 0.772. The Balaban J connectivity index is 1.96. The number of methoxy groups -OCH3 is 2. The van der Waals surface area contributed by atoms with E-state index in [0.717, 1.165) is 5.39 Å². The van der Waals surface area contributed by atoms with E-state index in [-0.39, 0.29) is 11.1 Å². The van der Waals surface area contributed by atoms with Crippen LogP contribution in [0.3, 0.4) is 0 Å². The van der Waals surface area contributed by atoms with E-state index in [0.29, 0.717) is 22.8 Å². The molecule has 24 heavy (non-hydrogen) atoms. The zero-order chi connectivity index (χ0) is 17.1. The molecule has 6 heteroatoms. The van der Waals surface area contributed by atoms with Crippen LogP contribution in [0.4, 0.5) is 5.69 Å². The number of anilines is 1. The van der Waals surface area contributed by atoms with Crippen molar-refractivity contribution in [3.63, 3.8) is 0 Å². The highest BCUT2D eigenvalue weighted by atomic mass is 16.5. The van der Waals surface area contributed by atoms with Gasteiger partial charge in [-0.2, -0.15) is 0 Å². The second-order valence-electron chi connectivity index (χ2n) is 5.05. The Morgan fingerprint density at radius 1 is 1.08 bits per heavy atom. The van der Waals surface area contributed by atoms with Crippen molar-refractivity contribution in [2.24, 2.45) is 0 Å². The van der Waals surface area contributed by atoms with Crippen molar-refractivity contribution in [2.75, 3.05) is 19.5 Å². The monoisotopic (exact) mass is 324 g/mol. The predicted molar refractivity (Wildman–Crippen MR) is 89.6 cm³/mol. The molecule has 2 aromatic carbocycles. The number of fused-ring (bicyclic) bond motifs is 1. The summed E-state index contributed by atoms with van der Waals surface area (Å²) in [5.74, 6) is 0.636. The maximum Gasteiger partial charge on any atom is 0.261 e. The van der Waals surface area contributed by atoms with Crippen LogP contribution < -0.4 is 20.3 Å².